The average Bonchev–Trinajstić information content (AvgIpc) is 2.68. The fourth-order valence-corrected chi connectivity index (χ4v) is 3.01. The van der Waals surface area contributed by atoms with Crippen LogP contribution in [0.4, 0.5) is 0 Å². The zero-order valence-corrected chi connectivity index (χ0v) is 11.3. The molecule has 1 aliphatic rings. The Hall–Kier alpha value is -0.170. The third-order valence-electron chi connectivity index (χ3n) is 2.96. The standard InChI is InChI=1S/C10H22N2O3S/c1-8(2)12(4)16(13,14)11-9(3)10-6-5-7-15-10/h8-11H,5-7H2,1-4H3. The molecule has 0 radical (unpaired) electrons. The van der Waals surface area contributed by atoms with Gasteiger partial charge in [0.1, 0.15) is 0 Å². The second-order valence-electron chi connectivity index (χ2n) is 4.57. The van der Waals surface area contributed by atoms with E-state index in [0.717, 1.165) is 19.4 Å². The summed E-state index contributed by atoms with van der Waals surface area (Å²) in [4.78, 5) is 0. The molecule has 0 aromatic heterocycles. The Labute approximate surface area is 98.3 Å². The smallest absolute Gasteiger partial charge is 0.279 e. The number of rotatable bonds is 5. The van der Waals surface area contributed by atoms with Crippen LogP contribution in [0.15, 0.2) is 0 Å². The molecule has 5 nitrogen and oxygen atoms in total. The lowest BCUT2D eigenvalue weighted by atomic mass is 10.1. The molecule has 0 aromatic rings. The molecule has 1 N–H and O–H groups in total. The van der Waals surface area contributed by atoms with Crippen molar-refractivity contribution in [3.05, 3.63) is 0 Å². The van der Waals surface area contributed by atoms with Crippen molar-refractivity contribution in [1.29, 1.82) is 0 Å². The largest absolute Gasteiger partial charge is 0.377 e. The third kappa shape index (κ3) is 3.41. The molecule has 0 aromatic carbocycles. The van der Waals surface area contributed by atoms with Crippen LogP contribution in [0.5, 0.6) is 0 Å². The number of ether oxygens (including phenoxy) is 1. The minimum Gasteiger partial charge on any atom is -0.377 e. The van der Waals surface area contributed by atoms with Gasteiger partial charge in [0.25, 0.3) is 10.2 Å². The summed E-state index contributed by atoms with van der Waals surface area (Å²) in [5.41, 5.74) is 0. The predicted molar refractivity (Wildman–Crippen MR) is 63.4 cm³/mol. The molecular weight excluding hydrogens is 228 g/mol. The van der Waals surface area contributed by atoms with Gasteiger partial charge in [0.05, 0.1) is 6.10 Å². The second kappa shape index (κ2) is 5.44. The molecule has 16 heavy (non-hydrogen) atoms. The summed E-state index contributed by atoms with van der Waals surface area (Å²) in [7, 11) is -1.81. The maximum Gasteiger partial charge on any atom is 0.279 e. The van der Waals surface area contributed by atoms with Crippen molar-refractivity contribution in [3.8, 4) is 0 Å². The van der Waals surface area contributed by atoms with Gasteiger partial charge in [-0.2, -0.15) is 17.4 Å². The van der Waals surface area contributed by atoms with Gasteiger partial charge in [-0.25, -0.2) is 0 Å². The summed E-state index contributed by atoms with van der Waals surface area (Å²) >= 11 is 0. The monoisotopic (exact) mass is 250 g/mol. The van der Waals surface area contributed by atoms with E-state index in [1.54, 1.807) is 7.05 Å². The number of hydrogen-bond acceptors (Lipinski definition) is 3. The van der Waals surface area contributed by atoms with Crippen LogP contribution in [-0.4, -0.2) is 44.6 Å². The first kappa shape index (κ1) is 13.9. The number of nitrogens with zero attached hydrogens (tertiary/aromatic N) is 1. The lowest BCUT2D eigenvalue weighted by Crippen LogP contribution is -2.48. The van der Waals surface area contributed by atoms with Gasteiger partial charge in [0.2, 0.25) is 0 Å². The molecule has 1 rings (SSSR count). The van der Waals surface area contributed by atoms with Gasteiger partial charge in [-0.15, -0.1) is 0 Å². The highest BCUT2D eigenvalue weighted by Gasteiger charge is 2.28. The van der Waals surface area contributed by atoms with Crippen molar-refractivity contribution >= 4 is 10.2 Å². The topological polar surface area (TPSA) is 58.6 Å². The van der Waals surface area contributed by atoms with E-state index in [9.17, 15) is 8.42 Å². The Balaban J connectivity index is 2.58. The Morgan fingerprint density at radius 1 is 1.38 bits per heavy atom. The summed E-state index contributed by atoms with van der Waals surface area (Å²) in [6.45, 7) is 6.27. The normalized spacial score (nSPS) is 24.2. The van der Waals surface area contributed by atoms with Gasteiger partial charge in [0, 0.05) is 25.7 Å². The van der Waals surface area contributed by atoms with E-state index in [-0.39, 0.29) is 18.2 Å². The van der Waals surface area contributed by atoms with E-state index in [0.29, 0.717) is 0 Å². The number of hydrogen-bond donors (Lipinski definition) is 1. The zero-order chi connectivity index (χ0) is 12.3. The van der Waals surface area contributed by atoms with E-state index >= 15 is 0 Å². The van der Waals surface area contributed by atoms with Gasteiger partial charge >= 0.3 is 0 Å². The van der Waals surface area contributed by atoms with Crippen molar-refractivity contribution in [3.63, 3.8) is 0 Å². The SMILES string of the molecule is CC(NS(=O)(=O)N(C)C(C)C)C1CCCO1. The minimum atomic E-state index is -3.39. The van der Waals surface area contributed by atoms with Gasteiger partial charge in [-0.05, 0) is 33.6 Å². The summed E-state index contributed by atoms with van der Waals surface area (Å²) in [5.74, 6) is 0. The van der Waals surface area contributed by atoms with Crippen LogP contribution in [0.1, 0.15) is 33.6 Å². The fourth-order valence-electron chi connectivity index (χ4n) is 1.67. The Bertz CT molecular complexity index is 310. The number of nitrogens with one attached hydrogen (secondary N) is 1. The van der Waals surface area contributed by atoms with E-state index in [4.69, 9.17) is 4.74 Å². The summed E-state index contributed by atoms with van der Waals surface area (Å²) in [5, 5.41) is 0. The molecule has 6 heteroatoms. The van der Waals surface area contributed by atoms with Gasteiger partial charge in [-0.3, -0.25) is 0 Å². The molecule has 0 saturated carbocycles. The molecule has 0 aliphatic carbocycles. The molecule has 0 bridgehead atoms. The molecule has 96 valence electrons. The molecule has 1 heterocycles. The van der Waals surface area contributed by atoms with Crippen molar-refractivity contribution in [2.75, 3.05) is 13.7 Å². The highest BCUT2D eigenvalue weighted by Crippen LogP contribution is 2.16. The van der Waals surface area contributed by atoms with E-state index in [1.807, 2.05) is 20.8 Å². The highest BCUT2D eigenvalue weighted by atomic mass is 32.2. The van der Waals surface area contributed by atoms with E-state index in [2.05, 4.69) is 4.72 Å². The van der Waals surface area contributed by atoms with E-state index < -0.39 is 10.2 Å². The first-order valence-corrected chi connectivity index (χ1v) is 7.15. The summed E-state index contributed by atoms with van der Waals surface area (Å²) in [6, 6.07) is -0.220. The Kier molecular flexibility index (Phi) is 4.73. The van der Waals surface area contributed by atoms with Crippen molar-refractivity contribution < 1.29 is 13.2 Å². The van der Waals surface area contributed by atoms with Crippen molar-refractivity contribution in [1.82, 2.24) is 9.03 Å². The zero-order valence-electron chi connectivity index (χ0n) is 10.4. The predicted octanol–water partition coefficient (Wildman–Crippen LogP) is 0.728. The van der Waals surface area contributed by atoms with Crippen LogP contribution in [0.3, 0.4) is 0 Å². The first-order valence-electron chi connectivity index (χ1n) is 5.71. The van der Waals surface area contributed by atoms with Crippen molar-refractivity contribution in [2.45, 2.75) is 51.8 Å². The Morgan fingerprint density at radius 3 is 2.44 bits per heavy atom. The molecular formula is C10H22N2O3S. The third-order valence-corrected chi connectivity index (χ3v) is 4.81. The first-order chi connectivity index (χ1) is 7.34. The van der Waals surface area contributed by atoms with Gasteiger partial charge < -0.3 is 4.74 Å². The lowest BCUT2D eigenvalue weighted by Gasteiger charge is -2.26. The van der Waals surface area contributed by atoms with Gasteiger partial charge in [-0.1, -0.05) is 0 Å². The molecule has 1 fully saturated rings. The summed E-state index contributed by atoms with van der Waals surface area (Å²) < 4.78 is 33.2. The average molecular weight is 250 g/mol. The molecule has 0 amide bonds. The van der Waals surface area contributed by atoms with E-state index in [1.165, 1.54) is 4.31 Å². The molecule has 0 spiro atoms. The molecule has 1 aliphatic heterocycles. The highest BCUT2D eigenvalue weighted by molar-refractivity contribution is 7.87. The summed E-state index contributed by atoms with van der Waals surface area (Å²) in [6.07, 6.45) is 1.95. The van der Waals surface area contributed by atoms with Gasteiger partial charge in [0.15, 0.2) is 0 Å². The molecule has 2 atom stereocenters. The Morgan fingerprint density at radius 2 is 2.00 bits per heavy atom. The molecule has 1 saturated heterocycles. The van der Waals surface area contributed by atoms with Crippen LogP contribution in [0.25, 0.3) is 0 Å². The molecule has 2 unspecified atom stereocenters. The quantitative estimate of drug-likeness (QED) is 0.782. The second-order valence-corrected chi connectivity index (χ2v) is 6.33. The van der Waals surface area contributed by atoms with Crippen molar-refractivity contribution in [2.24, 2.45) is 0 Å². The fraction of sp³-hybridized carbons (Fsp3) is 1.00. The minimum absolute atomic E-state index is 0.00957. The van der Waals surface area contributed by atoms with Crippen LogP contribution in [0.2, 0.25) is 0 Å². The van der Waals surface area contributed by atoms with Crippen LogP contribution >= 0.6 is 0 Å². The lowest BCUT2D eigenvalue weighted by molar-refractivity contribution is 0.0896. The van der Waals surface area contributed by atoms with Crippen LogP contribution in [0, 0.1) is 0 Å². The maximum atomic E-state index is 11.9. The van der Waals surface area contributed by atoms with Crippen LogP contribution in [-0.2, 0) is 14.9 Å². The van der Waals surface area contributed by atoms with Crippen LogP contribution < -0.4 is 4.72 Å². The maximum absolute atomic E-state index is 11.9.